The molecule has 98 valence electrons. The van der Waals surface area contributed by atoms with Crippen LogP contribution in [0.5, 0.6) is 0 Å². The van der Waals surface area contributed by atoms with Crippen LogP contribution in [0.1, 0.15) is 11.1 Å². The third-order valence-corrected chi connectivity index (χ3v) is 2.74. The van der Waals surface area contributed by atoms with Gasteiger partial charge in [-0.25, -0.2) is 4.39 Å². The van der Waals surface area contributed by atoms with Crippen LogP contribution in [-0.4, -0.2) is 4.92 Å². The molecule has 2 aromatic carbocycles. The third kappa shape index (κ3) is 3.07. The van der Waals surface area contributed by atoms with Gasteiger partial charge in [-0.1, -0.05) is 35.9 Å². The van der Waals surface area contributed by atoms with Gasteiger partial charge in [0.1, 0.15) is 5.69 Å². The molecule has 0 atom stereocenters. The zero-order valence-corrected chi connectivity index (χ0v) is 10.4. The molecule has 0 fully saturated rings. The maximum Gasteiger partial charge on any atom is 0.295 e. The smallest absolute Gasteiger partial charge is 0.295 e. The lowest BCUT2D eigenvalue weighted by Crippen LogP contribution is -2.04. The number of nitrogens with one attached hydrogen (secondary N) is 1. The number of rotatable bonds is 4. The first-order chi connectivity index (χ1) is 9.08. The van der Waals surface area contributed by atoms with Gasteiger partial charge in [0.05, 0.1) is 4.92 Å². The van der Waals surface area contributed by atoms with Gasteiger partial charge >= 0.3 is 0 Å². The predicted molar refractivity (Wildman–Crippen MR) is 71.6 cm³/mol. The standard InChI is InChI=1S/C14H13FN2O2/c1-10-4-2-5-11(8-10)9-16-14-12(15)6-3-7-13(14)17(18)19/h2-8,16H,9H2,1H3. The minimum Gasteiger partial charge on any atom is -0.373 e. The number of aryl methyl sites for hydroxylation is 1. The fourth-order valence-corrected chi connectivity index (χ4v) is 1.85. The molecule has 0 aliphatic carbocycles. The molecule has 2 rings (SSSR count). The van der Waals surface area contributed by atoms with Crippen molar-refractivity contribution in [2.45, 2.75) is 13.5 Å². The Labute approximate surface area is 110 Å². The van der Waals surface area contributed by atoms with Crippen molar-refractivity contribution in [3.63, 3.8) is 0 Å². The van der Waals surface area contributed by atoms with Gasteiger partial charge < -0.3 is 5.32 Å². The molecule has 4 nitrogen and oxygen atoms in total. The number of halogens is 1. The summed E-state index contributed by atoms with van der Waals surface area (Å²) in [4.78, 5) is 10.2. The average Bonchev–Trinajstić information content (AvgIpc) is 2.37. The van der Waals surface area contributed by atoms with E-state index in [1.807, 2.05) is 31.2 Å². The molecule has 5 heteroatoms. The summed E-state index contributed by atoms with van der Waals surface area (Å²) in [5.41, 5.74) is 1.70. The van der Waals surface area contributed by atoms with Gasteiger partial charge in [-0.2, -0.15) is 0 Å². The number of nitro groups is 1. The molecule has 0 aromatic heterocycles. The topological polar surface area (TPSA) is 55.2 Å². The van der Waals surface area contributed by atoms with Crippen LogP contribution in [0.4, 0.5) is 15.8 Å². The monoisotopic (exact) mass is 260 g/mol. The molecule has 0 bridgehead atoms. The Hall–Kier alpha value is -2.43. The number of nitro benzene ring substituents is 1. The van der Waals surface area contributed by atoms with E-state index in [0.29, 0.717) is 6.54 Å². The highest BCUT2D eigenvalue weighted by molar-refractivity contribution is 5.62. The summed E-state index contributed by atoms with van der Waals surface area (Å²) in [6, 6.07) is 11.5. The Balaban J connectivity index is 2.22. The molecule has 0 heterocycles. The summed E-state index contributed by atoms with van der Waals surface area (Å²) in [7, 11) is 0. The van der Waals surface area contributed by atoms with E-state index in [1.165, 1.54) is 18.2 Å². The quantitative estimate of drug-likeness (QED) is 0.674. The molecule has 0 amide bonds. The summed E-state index contributed by atoms with van der Waals surface area (Å²) in [6.07, 6.45) is 0. The zero-order chi connectivity index (χ0) is 13.8. The van der Waals surface area contributed by atoms with Crippen molar-refractivity contribution in [2.24, 2.45) is 0 Å². The van der Waals surface area contributed by atoms with E-state index in [9.17, 15) is 14.5 Å². The average molecular weight is 260 g/mol. The minimum atomic E-state index is -0.623. The SMILES string of the molecule is Cc1cccc(CNc2c(F)cccc2[N+](=O)[O-])c1. The Kier molecular flexibility index (Phi) is 3.75. The third-order valence-electron chi connectivity index (χ3n) is 2.74. The first-order valence-electron chi connectivity index (χ1n) is 5.80. The molecule has 1 N–H and O–H groups in total. The molecule has 0 unspecified atom stereocenters. The maximum absolute atomic E-state index is 13.6. The normalized spacial score (nSPS) is 10.2. The number of anilines is 1. The highest BCUT2D eigenvalue weighted by atomic mass is 19.1. The van der Waals surface area contributed by atoms with Gasteiger partial charge in [0.25, 0.3) is 5.69 Å². The lowest BCUT2D eigenvalue weighted by molar-refractivity contribution is -0.384. The van der Waals surface area contributed by atoms with E-state index in [4.69, 9.17) is 0 Å². The molecule has 0 radical (unpaired) electrons. The first-order valence-corrected chi connectivity index (χ1v) is 5.80. The summed E-state index contributed by atoms with van der Waals surface area (Å²) in [5.74, 6) is -0.623. The van der Waals surface area contributed by atoms with Crippen molar-refractivity contribution in [1.29, 1.82) is 0 Å². The highest BCUT2D eigenvalue weighted by Crippen LogP contribution is 2.27. The second-order valence-electron chi connectivity index (χ2n) is 4.23. The van der Waals surface area contributed by atoms with Gasteiger partial charge in [0.2, 0.25) is 0 Å². The van der Waals surface area contributed by atoms with E-state index < -0.39 is 10.7 Å². The molecule has 2 aromatic rings. The predicted octanol–water partition coefficient (Wildman–Crippen LogP) is 3.65. The van der Waals surface area contributed by atoms with E-state index in [1.54, 1.807) is 0 Å². The second kappa shape index (κ2) is 5.48. The summed E-state index contributed by atoms with van der Waals surface area (Å²) >= 11 is 0. The lowest BCUT2D eigenvalue weighted by Gasteiger charge is -2.08. The summed E-state index contributed by atoms with van der Waals surface area (Å²) in [6.45, 7) is 2.29. The Bertz CT molecular complexity index is 614. The first kappa shape index (κ1) is 13.0. The van der Waals surface area contributed by atoms with Crippen molar-refractivity contribution in [3.05, 3.63) is 69.5 Å². The van der Waals surface area contributed by atoms with Crippen LogP contribution in [0.3, 0.4) is 0 Å². The van der Waals surface area contributed by atoms with E-state index in [0.717, 1.165) is 11.1 Å². The molecule has 0 saturated heterocycles. The van der Waals surface area contributed by atoms with Gasteiger partial charge in [0.15, 0.2) is 5.82 Å². The maximum atomic E-state index is 13.6. The van der Waals surface area contributed by atoms with Crippen molar-refractivity contribution < 1.29 is 9.31 Å². The van der Waals surface area contributed by atoms with Crippen LogP contribution in [-0.2, 0) is 6.54 Å². The molecule has 19 heavy (non-hydrogen) atoms. The second-order valence-corrected chi connectivity index (χ2v) is 4.23. The van der Waals surface area contributed by atoms with Crippen LogP contribution < -0.4 is 5.32 Å². The van der Waals surface area contributed by atoms with Crippen molar-refractivity contribution >= 4 is 11.4 Å². The summed E-state index contributed by atoms with van der Waals surface area (Å²) < 4.78 is 13.6. The molecule has 0 aliphatic rings. The van der Waals surface area contributed by atoms with Crippen molar-refractivity contribution in [3.8, 4) is 0 Å². The van der Waals surface area contributed by atoms with Gasteiger partial charge in [-0.05, 0) is 18.6 Å². The fraction of sp³-hybridized carbons (Fsp3) is 0.143. The summed E-state index contributed by atoms with van der Waals surface area (Å²) in [5, 5.41) is 13.6. The molecular formula is C14H13FN2O2. The Morgan fingerprint density at radius 1 is 1.26 bits per heavy atom. The van der Waals surface area contributed by atoms with Gasteiger partial charge in [0, 0.05) is 12.6 Å². The van der Waals surface area contributed by atoms with E-state index in [-0.39, 0.29) is 11.4 Å². The Morgan fingerprint density at radius 2 is 2.00 bits per heavy atom. The molecule has 0 aliphatic heterocycles. The lowest BCUT2D eigenvalue weighted by atomic mass is 10.1. The fourth-order valence-electron chi connectivity index (χ4n) is 1.85. The number of benzene rings is 2. The molecular weight excluding hydrogens is 247 g/mol. The molecule has 0 spiro atoms. The van der Waals surface area contributed by atoms with Gasteiger partial charge in [-0.3, -0.25) is 10.1 Å². The zero-order valence-electron chi connectivity index (χ0n) is 10.4. The van der Waals surface area contributed by atoms with Crippen LogP contribution in [0, 0.1) is 22.9 Å². The van der Waals surface area contributed by atoms with Crippen LogP contribution >= 0.6 is 0 Å². The Morgan fingerprint density at radius 3 is 2.68 bits per heavy atom. The van der Waals surface area contributed by atoms with Crippen LogP contribution in [0.15, 0.2) is 42.5 Å². The number of nitrogens with zero attached hydrogens (tertiary/aromatic N) is 1. The van der Waals surface area contributed by atoms with Crippen molar-refractivity contribution in [2.75, 3.05) is 5.32 Å². The number of hydrogen-bond donors (Lipinski definition) is 1. The minimum absolute atomic E-state index is 0.0750. The highest BCUT2D eigenvalue weighted by Gasteiger charge is 2.17. The van der Waals surface area contributed by atoms with E-state index in [2.05, 4.69) is 5.32 Å². The number of hydrogen-bond acceptors (Lipinski definition) is 3. The van der Waals surface area contributed by atoms with E-state index >= 15 is 0 Å². The van der Waals surface area contributed by atoms with Crippen LogP contribution in [0.2, 0.25) is 0 Å². The largest absolute Gasteiger partial charge is 0.373 e. The number of para-hydroxylation sites is 1. The van der Waals surface area contributed by atoms with Crippen LogP contribution in [0.25, 0.3) is 0 Å². The van der Waals surface area contributed by atoms with Gasteiger partial charge in [-0.15, -0.1) is 0 Å². The van der Waals surface area contributed by atoms with Crippen molar-refractivity contribution in [1.82, 2.24) is 0 Å². The molecule has 0 saturated carbocycles.